The third-order valence-electron chi connectivity index (χ3n) is 6.84. The minimum Gasteiger partial charge on any atom is -0.346 e. The SMILES string of the molecule is C=C(F)C(=O)Nc1cccc(-n2cnc3c(N(Cc4ccccc4)Cc4ccccc4)nc(Nc4ccc(F)cc4)nc32)c1. The van der Waals surface area contributed by atoms with Gasteiger partial charge in [0.05, 0.1) is 5.69 Å². The third kappa shape index (κ3) is 6.44. The first-order valence-corrected chi connectivity index (χ1v) is 13.8. The summed E-state index contributed by atoms with van der Waals surface area (Å²) in [5, 5.41) is 5.69. The highest BCUT2D eigenvalue weighted by molar-refractivity contribution is 6.01. The van der Waals surface area contributed by atoms with Gasteiger partial charge in [0, 0.05) is 24.5 Å². The minimum absolute atomic E-state index is 0.283. The summed E-state index contributed by atoms with van der Waals surface area (Å²) in [4.78, 5) is 28.5. The summed E-state index contributed by atoms with van der Waals surface area (Å²) in [7, 11) is 0. The zero-order valence-corrected chi connectivity index (χ0v) is 23.5. The van der Waals surface area contributed by atoms with E-state index in [1.807, 2.05) is 42.5 Å². The predicted molar refractivity (Wildman–Crippen MR) is 168 cm³/mol. The number of carbonyl (C=O) groups is 1. The van der Waals surface area contributed by atoms with E-state index >= 15 is 0 Å². The van der Waals surface area contributed by atoms with Gasteiger partial charge in [0.2, 0.25) is 5.95 Å². The smallest absolute Gasteiger partial charge is 0.283 e. The molecule has 0 radical (unpaired) electrons. The summed E-state index contributed by atoms with van der Waals surface area (Å²) in [6.07, 6.45) is 1.63. The number of halogens is 2. The zero-order valence-electron chi connectivity index (χ0n) is 23.5. The number of nitrogens with one attached hydrogen (secondary N) is 2. The molecule has 0 spiro atoms. The molecule has 0 bridgehead atoms. The van der Waals surface area contributed by atoms with Crippen LogP contribution in [0.1, 0.15) is 11.1 Å². The van der Waals surface area contributed by atoms with E-state index in [1.54, 1.807) is 41.2 Å². The lowest BCUT2D eigenvalue weighted by atomic mass is 10.1. The number of imidazole rings is 1. The maximum atomic E-state index is 13.6. The molecule has 4 aromatic carbocycles. The van der Waals surface area contributed by atoms with Gasteiger partial charge in [-0.1, -0.05) is 73.3 Å². The number of anilines is 4. The van der Waals surface area contributed by atoms with Crippen LogP contribution in [-0.2, 0) is 17.9 Å². The van der Waals surface area contributed by atoms with Crippen molar-refractivity contribution < 1.29 is 13.6 Å². The van der Waals surface area contributed by atoms with Gasteiger partial charge in [-0.2, -0.15) is 9.97 Å². The van der Waals surface area contributed by atoms with Crippen LogP contribution in [0.25, 0.3) is 16.9 Å². The number of carbonyl (C=O) groups excluding carboxylic acids is 1. The number of nitrogens with zero attached hydrogens (tertiary/aromatic N) is 5. The maximum absolute atomic E-state index is 13.6. The lowest BCUT2D eigenvalue weighted by molar-refractivity contribution is -0.114. The molecule has 10 heteroatoms. The van der Waals surface area contributed by atoms with E-state index in [1.165, 1.54) is 12.1 Å². The molecule has 6 rings (SSSR count). The molecule has 218 valence electrons. The van der Waals surface area contributed by atoms with Crippen molar-refractivity contribution >= 4 is 40.2 Å². The number of fused-ring (bicyclic) bond motifs is 1. The maximum Gasteiger partial charge on any atom is 0.283 e. The second kappa shape index (κ2) is 12.5. The van der Waals surface area contributed by atoms with Crippen molar-refractivity contribution in [3.05, 3.63) is 145 Å². The van der Waals surface area contributed by atoms with Gasteiger partial charge in [0.15, 0.2) is 22.8 Å². The van der Waals surface area contributed by atoms with Crippen LogP contribution in [0, 0.1) is 5.82 Å². The van der Waals surface area contributed by atoms with Crippen LogP contribution in [-0.4, -0.2) is 25.4 Å². The molecule has 0 aliphatic rings. The highest BCUT2D eigenvalue weighted by Crippen LogP contribution is 2.30. The van der Waals surface area contributed by atoms with Gasteiger partial charge in [-0.25, -0.2) is 13.8 Å². The average molecular weight is 588 g/mol. The van der Waals surface area contributed by atoms with Gasteiger partial charge in [0.25, 0.3) is 5.91 Å². The number of aromatic nitrogens is 4. The fraction of sp³-hybridized carbons (Fsp3) is 0.0588. The van der Waals surface area contributed by atoms with Gasteiger partial charge in [-0.15, -0.1) is 0 Å². The van der Waals surface area contributed by atoms with E-state index < -0.39 is 11.7 Å². The van der Waals surface area contributed by atoms with Gasteiger partial charge in [0.1, 0.15) is 12.1 Å². The topological polar surface area (TPSA) is 88.0 Å². The Labute approximate surface area is 252 Å². The van der Waals surface area contributed by atoms with Crippen molar-refractivity contribution in [2.75, 3.05) is 15.5 Å². The van der Waals surface area contributed by atoms with Crippen molar-refractivity contribution in [3.8, 4) is 5.69 Å². The van der Waals surface area contributed by atoms with Gasteiger partial charge in [-0.3, -0.25) is 9.36 Å². The summed E-state index contributed by atoms with van der Waals surface area (Å²) in [6, 6.07) is 32.9. The van der Waals surface area contributed by atoms with E-state index in [4.69, 9.17) is 15.0 Å². The Morgan fingerprint density at radius 3 is 2.11 bits per heavy atom. The van der Waals surface area contributed by atoms with Crippen molar-refractivity contribution in [2.24, 2.45) is 0 Å². The van der Waals surface area contributed by atoms with Crippen molar-refractivity contribution in [1.29, 1.82) is 0 Å². The second-order valence-corrected chi connectivity index (χ2v) is 10.0. The lowest BCUT2D eigenvalue weighted by Gasteiger charge is -2.25. The molecule has 2 heterocycles. The van der Waals surface area contributed by atoms with Crippen LogP contribution in [0.4, 0.5) is 31.9 Å². The molecule has 6 aromatic rings. The Morgan fingerprint density at radius 2 is 1.48 bits per heavy atom. The summed E-state index contributed by atoms with van der Waals surface area (Å²) in [5.74, 6) is -1.50. The number of hydrogen-bond donors (Lipinski definition) is 2. The first-order valence-electron chi connectivity index (χ1n) is 13.8. The first kappa shape index (κ1) is 28.2. The molecule has 0 aliphatic heterocycles. The summed E-state index contributed by atoms with van der Waals surface area (Å²) >= 11 is 0. The fourth-order valence-corrected chi connectivity index (χ4v) is 4.76. The van der Waals surface area contributed by atoms with Crippen LogP contribution < -0.4 is 15.5 Å². The first-order chi connectivity index (χ1) is 21.4. The molecule has 8 nitrogen and oxygen atoms in total. The highest BCUT2D eigenvalue weighted by atomic mass is 19.1. The van der Waals surface area contributed by atoms with E-state index in [-0.39, 0.29) is 11.8 Å². The molecule has 0 saturated carbocycles. The second-order valence-electron chi connectivity index (χ2n) is 10.0. The summed E-state index contributed by atoms with van der Waals surface area (Å²) < 4.78 is 28.8. The molecule has 0 fully saturated rings. The molecule has 44 heavy (non-hydrogen) atoms. The van der Waals surface area contributed by atoms with Crippen LogP contribution in [0.5, 0.6) is 0 Å². The zero-order chi connectivity index (χ0) is 30.5. The van der Waals surface area contributed by atoms with Crippen LogP contribution in [0.3, 0.4) is 0 Å². The van der Waals surface area contributed by atoms with Crippen LogP contribution >= 0.6 is 0 Å². The Balaban J connectivity index is 1.48. The third-order valence-corrected chi connectivity index (χ3v) is 6.84. The predicted octanol–water partition coefficient (Wildman–Crippen LogP) is 7.33. The minimum atomic E-state index is -1.09. The van der Waals surface area contributed by atoms with E-state index in [0.29, 0.717) is 47.1 Å². The molecule has 2 aromatic heterocycles. The lowest BCUT2D eigenvalue weighted by Crippen LogP contribution is -2.24. The molecular formula is C34H27F2N7O. The van der Waals surface area contributed by atoms with Gasteiger partial charge < -0.3 is 15.5 Å². The summed E-state index contributed by atoms with van der Waals surface area (Å²) in [6.45, 7) is 4.14. The highest BCUT2D eigenvalue weighted by Gasteiger charge is 2.21. The largest absolute Gasteiger partial charge is 0.346 e. The van der Waals surface area contributed by atoms with Gasteiger partial charge >= 0.3 is 0 Å². The average Bonchev–Trinajstić information content (AvgIpc) is 3.47. The van der Waals surface area contributed by atoms with Crippen molar-refractivity contribution in [2.45, 2.75) is 13.1 Å². The Morgan fingerprint density at radius 1 is 0.818 bits per heavy atom. The van der Waals surface area contributed by atoms with Crippen LogP contribution in [0.15, 0.2) is 128 Å². The molecule has 0 atom stereocenters. The van der Waals surface area contributed by atoms with Crippen molar-refractivity contribution in [3.63, 3.8) is 0 Å². The van der Waals surface area contributed by atoms with E-state index in [9.17, 15) is 13.6 Å². The molecule has 0 saturated heterocycles. The van der Waals surface area contributed by atoms with E-state index in [0.717, 1.165) is 11.1 Å². The van der Waals surface area contributed by atoms with E-state index in [2.05, 4.69) is 46.4 Å². The normalized spacial score (nSPS) is 10.9. The number of benzene rings is 4. The fourth-order valence-electron chi connectivity index (χ4n) is 4.76. The molecule has 0 aliphatic carbocycles. The molecule has 0 unspecified atom stereocenters. The Kier molecular flexibility index (Phi) is 8.04. The number of amides is 1. The summed E-state index contributed by atoms with van der Waals surface area (Å²) in [5.41, 5.74) is 4.82. The standard InChI is InChI=1S/C34H27F2N7O/c1-23(35)33(44)38-28-13-8-14-29(19-28)43-22-37-30-31(40-34(41-32(30)43)39-27-17-15-26(36)16-18-27)42(20-24-9-4-2-5-10-24)21-25-11-6-3-7-12-25/h2-19,22H,1,20-21H2,(H,38,44)(H,39,40,41). The molecular weight excluding hydrogens is 560 g/mol. The Hall–Kier alpha value is -5.90. The molecule has 2 N–H and O–H groups in total. The van der Waals surface area contributed by atoms with Gasteiger partial charge in [-0.05, 0) is 53.6 Å². The van der Waals surface area contributed by atoms with Crippen LogP contribution in [0.2, 0.25) is 0 Å². The molecule has 1 amide bonds. The number of hydrogen-bond acceptors (Lipinski definition) is 6. The Bertz CT molecular complexity index is 1890. The quantitative estimate of drug-likeness (QED) is 0.163. The number of rotatable bonds is 10. The monoisotopic (exact) mass is 587 g/mol. The van der Waals surface area contributed by atoms with Crippen molar-refractivity contribution in [1.82, 2.24) is 19.5 Å².